The van der Waals surface area contributed by atoms with Gasteiger partial charge < -0.3 is 8.97 Å². The second-order valence-corrected chi connectivity index (χ2v) is 15.9. The first-order chi connectivity index (χ1) is 27.3. The van der Waals surface area contributed by atoms with Gasteiger partial charge in [0.05, 0.1) is 27.6 Å². The molecule has 4 heterocycles. The summed E-state index contributed by atoms with van der Waals surface area (Å²) < 4.78 is 7.62. The van der Waals surface area contributed by atoms with E-state index in [9.17, 15) is 0 Å². The molecule has 0 bridgehead atoms. The van der Waals surface area contributed by atoms with Gasteiger partial charge in [0, 0.05) is 52.8 Å². The van der Waals surface area contributed by atoms with Crippen LogP contribution in [0.25, 0.3) is 118 Å². The average Bonchev–Trinajstić information content (AvgIpc) is 3.91. The van der Waals surface area contributed by atoms with Crippen LogP contribution >= 0.6 is 11.3 Å². The first-order valence-electron chi connectivity index (χ1n) is 18.9. The molecule has 0 spiro atoms. The van der Waals surface area contributed by atoms with Crippen molar-refractivity contribution in [2.24, 2.45) is 0 Å². The smallest absolute Gasteiger partial charge is 0.0634 e. The number of fused-ring (bicyclic) bond motifs is 12. The van der Waals surface area contributed by atoms with Crippen molar-refractivity contribution in [1.82, 2.24) is 8.97 Å². The lowest BCUT2D eigenvalue weighted by Gasteiger charge is -2.10. The Morgan fingerprint density at radius 1 is 0.327 bits per heavy atom. The van der Waals surface area contributed by atoms with Crippen molar-refractivity contribution in [3.05, 3.63) is 182 Å². The molecule has 0 fully saturated rings. The maximum atomic E-state index is 2.55. The monoisotopic (exact) mass is 714 g/mol. The molecule has 0 amide bonds. The maximum Gasteiger partial charge on any atom is 0.0634 e. The predicted molar refractivity (Wildman–Crippen MR) is 238 cm³/mol. The maximum absolute atomic E-state index is 2.55. The van der Waals surface area contributed by atoms with Crippen LogP contribution in [0.4, 0.5) is 0 Å². The van der Waals surface area contributed by atoms with Gasteiger partial charge in [-0.25, -0.2) is 0 Å². The number of thiophene rings is 1. The molecule has 0 N–H and O–H groups in total. The Hall–Kier alpha value is -6.94. The van der Waals surface area contributed by atoms with Crippen molar-refractivity contribution in [3.63, 3.8) is 0 Å². The average molecular weight is 715 g/mol. The highest BCUT2D eigenvalue weighted by atomic mass is 32.1. The Balaban J connectivity index is 1.12. The lowest BCUT2D eigenvalue weighted by Crippen LogP contribution is -1.93. The third-order valence-electron chi connectivity index (χ3n) is 12.0. The Morgan fingerprint density at radius 3 is 1.73 bits per heavy atom. The van der Waals surface area contributed by atoms with E-state index in [2.05, 4.69) is 191 Å². The van der Waals surface area contributed by atoms with Gasteiger partial charge in [0.15, 0.2) is 0 Å². The predicted octanol–water partition coefficient (Wildman–Crippen LogP) is 14.8. The van der Waals surface area contributed by atoms with Crippen LogP contribution in [0.15, 0.2) is 182 Å². The van der Waals surface area contributed by atoms with E-state index in [-0.39, 0.29) is 0 Å². The number of para-hydroxylation sites is 2. The number of rotatable bonds is 2. The first kappa shape index (κ1) is 29.5. The van der Waals surface area contributed by atoms with E-state index in [1.807, 2.05) is 11.3 Å². The second kappa shape index (κ2) is 10.8. The van der Waals surface area contributed by atoms with Crippen molar-refractivity contribution in [2.75, 3.05) is 0 Å². The normalized spacial score (nSPS) is 12.4. The molecule has 0 aliphatic rings. The Labute approximate surface area is 319 Å². The molecule has 4 aromatic heterocycles. The molecule has 0 saturated heterocycles. The molecule has 55 heavy (non-hydrogen) atoms. The minimum Gasteiger partial charge on any atom is -0.309 e. The molecular formula is C52H30N2S. The third-order valence-corrected chi connectivity index (χ3v) is 13.2. The Morgan fingerprint density at radius 2 is 0.909 bits per heavy atom. The van der Waals surface area contributed by atoms with Crippen molar-refractivity contribution in [1.29, 1.82) is 0 Å². The summed E-state index contributed by atoms with van der Waals surface area (Å²) in [5, 5.41) is 15.4. The van der Waals surface area contributed by atoms with Gasteiger partial charge in [-0.15, -0.1) is 11.3 Å². The van der Waals surface area contributed by atoms with Gasteiger partial charge in [-0.1, -0.05) is 121 Å². The molecule has 0 aliphatic carbocycles. The Kier molecular flexibility index (Phi) is 5.80. The molecule has 3 heteroatoms. The van der Waals surface area contributed by atoms with Crippen LogP contribution in [-0.2, 0) is 0 Å². The molecule has 254 valence electrons. The lowest BCUT2D eigenvalue weighted by molar-refractivity contribution is 1.19. The van der Waals surface area contributed by atoms with Crippen molar-refractivity contribution in [3.8, 4) is 16.8 Å². The quantitative estimate of drug-likeness (QED) is 0.169. The standard InChI is InChI=1S/C52H30N2S/c1-2-11-32-28-35(23-20-31(32)10-1)53-44-17-7-6-15-39(44)42-29-33(21-25-46(42)53)34-22-26-47-43(30-34)41-24-27-49-51-50-40(16-9-19-48(50)55-49)37-13-4-3-12-36(37)38-14-5-8-18-45(38)54(47)52(41)51/h1-30H. The summed E-state index contributed by atoms with van der Waals surface area (Å²) in [6.45, 7) is 0. The van der Waals surface area contributed by atoms with E-state index >= 15 is 0 Å². The summed E-state index contributed by atoms with van der Waals surface area (Å²) in [5.41, 5.74) is 9.78. The number of benzene rings is 9. The number of hydrogen-bond donors (Lipinski definition) is 0. The van der Waals surface area contributed by atoms with Gasteiger partial charge >= 0.3 is 0 Å². The molecule has 2 nitrogen and oxygen atoms in total. The summed E-state index contributed by atoms with van der Waals surface area (Å²) in [7, 11) is 0. The van der Waals surface area contributed by atoms with Crippen molar-refractivity contribution < 1.29 is 0 Å². The van der Waals surface area contributed by atoms with Gasteiger partial charge in [0.1, 0.15) is 0 Å². The summed E-state index contributed by atoms with van der Waals surface area (Å²) >= 11 is 1.90. The zero-order chi connectivity index (χ0) is 35.8. The van der Waals surface area contributed by atoms with Gasteiger partial charge in [-0.3, -0.25) is 0 Å². The summed E-state index contributed by atoms with van der Waals surface area (Å²) in [5.74, 6) is 0. The molecule has 9 aromatic carbocycles. The molecule has 0 unspecified atom stereocenters. The minimum absolute atomic E-state index is 1.18. The zero-order valence-electron chi connectivity index (χ0n) is 29.6. The fourth-order valence-corrected chi connectivity index (χ4v) is 10.8. The second-order valence-electron chi connectivity index (χ2n) is 14.9. The van der Waals surface area contributed by atoms with Crippen molar-refractivity contribution in [2.45, 2.75) is 0 Å². The molecule has 13 aromatic rings. The van der Waals surface area contributed by atoms with Crippen LogP contribution in [0.2, 0.25) is 0 Å². The molecule has 13 rings (SSSR count). The van der Waals surface area contributed by atoms with E-state index in [4.69, 9.17) is 0 Å². The zero-order valence-corrected chi connectivity index (χ0v) is 30.4. The summed E-state index contributed by atoms with van der Waals surface area (Å²) in [6, 6.07) is 67.8. The van der Waals surface area contributed by atoms with Crippen molar-refractivity contribution >= 4 is 113 Å². The number of nitrogens with zero attached hydrogens (tertiary/aromatic N) is 2. The van der Waals surface area contributed by atoms with E-state index in [0.717, 1.165) is 0 Å². The molecular weight excluding hydrogens is 685 g/mol. The highest BCUT2D eigenvalue weighted by Gasteiger charge is 2.20. The SMILES string of the molecule is c1ccc2cc(-n3c4ccccc4c4cc(-c5ccc6c(c5)c5ccc7sc8cccc9c%10ccccc%10c%10ccccc%10n6c5c7c89)ccc43)ccc2c1. The Bertz CT molecular complexity index is 3770. The highest BCUT2D eigenvalue weighted by Crippen LogP contribution is 2.46. The first-order valence-corrected chi connectivity index (χ1v) is 19.7. The minimum atomic E-state index is 1.18. The van der Waals surface area contributed by atoms with Gasteiger partial charge in [0.2, 0.25) is 0 Å². The van der Waals surface area contributed by atoms with Crippen LogP contribution in [-0.4, -0.2) is 8.97 Å². The van der Waals surface area contributed by atoms with Crippen LogP contribution in [0.1, 0.15) is 0 Å². The van der Waals surface area contributed by atoms with E-state index in [0.29, 0.717) is 0 Å². The van der Waals surface area contributed by atoms with E-state index < -0.39 is 0 Å². The molecule has 0 aliphatic heterocycles. The largest absolute Gasteiger partial charge is 0.309 e. The topological polar surface area (TPSA) is 9.34 Å². The van der Waals surface area contributed by atoms with Crippen LogP contribution in [0.3, 0.4) is 0 Å². The van der Waals surface area contributed by atoms with Crippen LogP contribution < -0.4 is 0 Å². The van der Waals surface area contributed by atoms with Gasteiger partial charge in [0.25, 0.3) is 0 Å². The highest BCUT2D eigenvalue weighted by molar-refractivity contribution is 7.26. The fraction of sp³-hybridized carbons (Fsp3) is 0. The lowest BCUT2D eigenvalue weighted by atomic mass is 9.99. The van der Waals surface area contributed by atoms with Crippen LogP contribution in [0, 0.1) is 0 Å². The summed E-state index contributed by atoms with van der Waals surface area (Å²) in [4.78, 5) is 0. The number of aromatic nitrogens is 2. The van der Waals surface area contributed by atoms with E-state index in [1.165, 1.54) is 118 Å². The third kappa shape index (κ3) is 3.97. The van der Waals surface area contributed by atoms with Crippen LogP contribution in [0.5, 0.6) is 0 Å². The fourth-order valence-electron chi connectivity index (χ4n) is 9.66. The molecule has 0 radical (unpaired) electrons. The summed E-state index contributed by atoms with van der Waals surface area (Å²) in [6.07, 6.45) is 0. The van der Waals surface area contributed by atoms with E-state index in [1.54, 1.807) is 0 Å². The molecule has 0 saturated carbocycles. The number of hydrogen-bond acceptors (Lipinski definition) is 1. The van der Waals surface area contributed by atoms with Gasteiger partial charge in [-0.2, -0.15) is 0 Å². The van der Waals surface area contributed by atoms with Gasteiger partial charge in [-0.05, 0) is 98.7 Å². The molecule has 0 atom stereocenters.